The van der Waals surface area contributed by atoms with Crippen molar-refractivity contribution in [1.29, 1.82) is 0 Å². The molecule has 0 atom stereocenters. The summed E-state index contributed by atoms with van der Waals surface area (Å²) in [6, 6.07) is 0. The first-order valence-corrected chi connectivity index (χ1v) is 6.30. The number of aliphatic hydroxyl groups is 1. The van der Waals surface area contributed by atoms with E-state index in [-0.39, 0.29) is 23.8 Å². The van der Waals surface area contributed by atoms with E-state index in [9.17, 15) is 9.59 Å². The van der Waals surface area contributed by atoms with Gasteiger partial charge in [-0.05, 0) is 13.8 Å². The third-order valence-electron chi connectivity index (χ3n) is 2.79. The van der Waals surface area contributed by atoms with Crippen LogP contribution in [-0.2, 0) is 11.3 Å². The lowest BCUT2D eigenvalue weighted by Gasteiger charge is -2.15. The number of rotatable bonds is 5. The lowest BCUT2D eigenvalue weighted by atomic mass is 10.3. The molecule has 1 N–H and O–H groups in total. The van der Waals surface area contributed by atoms with Crippen molar-refractivity contribution >= 4 is 17.2 Å². The topological polar surface area (TPSA) is 62.5 Å². The van der Waals surface area contributed by atoms with Gasteiger partial charge in [-0.3, -0.25) is 9.59 Å². The van der Waals surface area contributed by atoms with Crippen molar-refractivity contribution in [2.45, 2.75) is 26.8 Å². The fourth-order valence-corrected chi connectivity index (χ4v) is 2.38. The van der Waals surface area contributed by atoms with Gasteiger partial charge in [0.1, 0.15) is 0 Å². The quantitative estimate of drug-likeness (QED) is 0.830. The van der Waals surface area contributed by atoms with E-state index in [0.717, 1.165) is 10.6 Å². The number of aryl methyl sites for hydroxylation is 1. The van der Waals surface area contributed by atoms with E-state index in [1.165, 1.54) is 16.2 Å². The molecule has 0 aliphatic carbocycles. The summed E-state index contributed by atoms with van der Waals surface area (Å²) in [7, 11) is 1.65. The molecular formula is C11H18N2O3S. The number of aliphatic hydroxyl groups excluding tert-OH is 1. The number of carbonyl (C=O) groups excluding carboxylic acids is 1. The number of thiazole rings is 1. The summed E-state index contributed by atoms with van der Waals surface area (Å²) in [5.41, 5.74) is 0.928. The fraction of sp³-hybridized carbons (Fsp3) is 0.636. The Bertz CT molecular complexity index is 450. The fourth-order valence-electron chi connectivity index (χ4n) is 1.52. The number of carbonyl (C=O) groups is 1. The highest BCUT2D eigenvalue weighted by Crippen LogP contribution is 2.09. The Balaban J connectivity index is 2.62. The van der Waals surface area contributed by atoms with Gasteiger partial charge in [0.25, 0.3) is 0 Å². The van der Waals surface area contributed by atoms with Crippen LogP contribution in [0.4, 0.5) is 0 Å². The van der Waals surface area contributed by atoms with Crippen LogP contribution in [0.15, 0.2) is 4.79 Å². The number of nitrogens with zero attached hydrogens (tertiary/aromatic N) is 2. The number of aromatic nitrogens is 1. The molecule has 17 heavy (non-hydrogen) atoms. The van der Waals surface area contributed by atoms with Crippen LogP contribution in [0.1, 0.15) is 17.0 Å². The Labute approximate surface area is 104 Å². The van der Waals surface area contributed by atoms with Crippen LogP contribution >= 0.6 is 11.3 Å². The third kappa shape index (κ3) is 3.41. The number of hydrogen-bond acceptors (Lipinski definition) is 4. The second kappa shape index (κ2) is 5.97. The summed E-state index contributed by atoms with van der Waals surface area (Å²) in [5.74, 6) is -0.0609. The highest BCUT2D eigenvalue weighted by Gasteiger charge is 2.11. The smallest absolute Gasteiger partial charge is 0.307 e. The number of amides is 1. The van der Waals surface area contributed by atoms with Crippen molar-refractivity contribution in [2.75, 3.05) is 20.2 Å². The van der Waals surface area contributed by atoms with E-state index in [4.69, 9.17) is 5.11 Å². The van der Waals surface area contributed by atoms with Gasteiger partial charge in [0.05, 0.1) is 6.61 Å². The highest BCUT2D eigenvalue weighted by atomic mass is 32.1. The Morgan fingerprint density at radius 2 is 2.12 bits per heavy atom. The molecule has 0 saturated carbocycles. The normalized spacial score (nSPS) is 10.6. The molecule has 0 unspecified atom stereocenters. The summed E-state index contributed by atoms with van der Waals surface area (Å²) in [5, 5.41) is 8.71. The molecule has 96 valence electrons. The molecule has 1 heterocycles. The largest absolute Gasteiger partial charge is 0.395 e. The minimum absolute atomic E-state index is 0.0161. The van der Waals surface area contributed by atoms with Crippen molar-refractivity contribution in [3.63, 3.8) is 0 Å². The summed E-state index contributed by atoms with van der Waals surface area (Å²) in [6.45, 7) is 4.48. The van der Waals surface area contributed by atoms with Crippen molar-refractivity contribution in [1.82, 2.24) is 9.47 Å². The molecule has 1 rings (SSSR count). The van der Waals surface area contributed by atoms with E-state index < -0.39 is 0 Å². The van der Waals surface area contributed by atoms with Crippen molar-refractivity contribution in [3.8, 4) is 0 Å². The molecule has 0 aliphatic heterocycles. The zero-order valence-corrected chi connectivity index (χ0v) is 11.2. The SMILES string of the molecule is Cc1sc(=O)n(CCC(=O)N(C)CCO)c1C. The summed E-state index contributed by atoms with van der Waals surface area (Å²) in [6.07, 6.45) is 0.285. The standard InChI is InChI=1S/C11H18N2O3S/c1-8-9(2)17-11(16)13(8)5-4-10(15)12(3)6-7-14/h14H,4-7H2,1-3H3. The van der Waals surface area contributed by atoms with E-state index in [1.54, 1.807) is 11.6 Å². The predicted octanol–water partition coefficient (Wildman–Crippen LogP) is 0.367. The average Bonchev–Trinajstić information content (AvgIpc) is 2.51. The molecule has 1 aromatic rings. The second-order valence-electron chi connectivity index (χ2n) is 3.95. The number of likely N-dealkylation sites (N-methyl/N-ethyl adjacent to an activating group) is 1. The molecule has 0 fully saturated rings. The lowest BCUT2D eigenvalue weighted by molar-refractivity contribution is -0.130. The first kappa shape index (κ1) is 13.9. The maximum absolute atomic E-state index is 11.6. The van der Waals surface area contributed by atoms with Crippen molar-refractivity contribution in [2.24, 2.45) is 0 Å². The first-order chi connectivity index (χ1) is 7.97. The zero-order chi connectivity index (χ0) is 13.0. The van der Waals surface area contributed by atoms with E-state index in [2.05, 4.69) is 0 Å². The molecule has 0 saturated heterocycles. The predicted molar refractivity (Wildman–Crippen MR) is 67.4 cm³/mol. The van der Waals surface area contributed by atoms with Gasteiger partial charge in [0.15, 0.2) is 0 Å². The second-order valence-corrected chi connectivity index (χ2v) is 5.12. The van der Waals surface area contributed by atoms with Gasteiger partial charge in [0, 0.05) is 37.1 Å². The molecule has 0 aliphatic rings. The molecular weight excluding hydrogens is 240 g/mol. The average molecular weight is 258 g/mol. The molecule has 6 heteroatoms. The molecule has 0 spiro atoms. The van der Waals surface area contributed by atoms with Crippen LogP contribution in [0, 0.1) is 13.8 Å². The van der Waals surface area contributed by atoms with E-state index in [1.807, 2.05) is 13.8 Å². The van der Waals surface area contributed by atoms with Crippen LogP contribution in [0.3, 0.4) is 0 Å². The molecule has 0 bridgehead atoms. The Morgan fingerprint density at radius 3 is 2.59 bits per heavy atom. The van der Waals surface area contributed by atoms with Gasteiger partial charge in [0.2, 0.25) is 5.91 Å². The molecule has 0 aromatic carbocycles. The summed E-state index contributed by atoms with van der Waals surface area (Å²) in [4.78, 5) is 25.7. The van der Waals surface area contributed by atoms with Crippen molar-refractivity contribution in [3.05, 3.63) is 20.2 Å². The minimum Gasteiger partial charge on any atom is -0.395 e. The molecule has 5 nitrogen and oxygen atoms in total. The van der Waals surface area contributed by atoms with Crippen LogP contribution in [0.2, 0.25) is 0 Å². The number of hydrogen-bond donors (Lipinski definition) is 1. The summed E-state index contributed by atoms with van der Waals surface area (Å²) < 4.78 is 1.63. The minimum atomic E-state index is -0.0609. The Hall–Kier alpha value is -1.14. The van der Waals surface area contributed by atoms with Gasteiger partial charge in [-0.1, -0.05) is 11.3 Å². The molecule has 1 aromatic heterocycles. The maximum Gasteiger partial charge on any atom is 0.307 e. The van der Waals surface area contributed by atoms with E-state index in [0.29, 0.717) is 13.1 Å². The highest BCUT2D eigenvalue weighted by molar-refractivity contribution is 7.09. The first-order valence-electron chi connectivity index (χ1n) is 5.49. The van der Waals surface area contributed by atoms with E-state index >= 15 is 0 Å². The third-order valence-corrected chi connectivity index (χ3v) is 3.78. The zero-order valence-electron chi connectivity index (χ0n) is 10.4. The molecule has 0 radical (unpaired) electrons. The van der Waals surface area contributed by atoms with Crippen LogP contribution in [-0.4, -0.2) is 40.7 Å². The van der Waals surface area contributed by atoms with Crippen LogP contribution in [0.25, 0.3) is 0 Å². The summed E-state index contributed by atoms with van der Waals surface area (Å²) >= 11 is 1.21. The Morgan fingerprint density at radius 1 is 1.47 bits per heavy atom. The lowest BCUT2D eigenvalue weighted by Crippen LogP contribution is -2.31. The van der Waals surface area contributed by atoms with Crippen molar-refractivity contribution < 1.29 is 9.90 Å². The van der Waals surface area contributed by atoms with Gasteiger partial charge in [-0.25, -0.2) is 0 Å². The van der Waals surface area contributed by atoms with Gasteiger partial charge >= 0.3 is 4.87 Å². The van der Waals surface area contributed by atoms with Crippen LogP contribution < -0.4 is 4.87 Å². The van der Waals surface area contributed by atoms with Crippen LogP contribution in [0.5, 0.6) is 0 Å². The monoisotopic (exact) mass is 258 g/mol. The van der Waals surface area contributed by atoms with Gasteiger partial charge < -0.3 is 14.6 Å². The molecule has 1 amide bonds. The Kier molecular flexibility index (Phi) is 4.89. The maximum atomic E-state index is 11.6. The van der Waals surface area contributed by atoms with Gasteiger partial charge in [-0.2, -0.15) is 0 Å². The van der Waals surface area contributed by atoms with Gasteiger partial charge in [-0.15, -0.1) is 0 Å².